The van der Waals surface area contributed by atoms with Crippen LogP contribution in [0.2, 0.25) is 0 Å². The van der Waals surface area contributed by atoms with Crippen LogP contribution in [0.15, 0.2) is 24.3 Å². The van der Waals surface area contributed by atoms with Gasteiger partial charge < -0.3 is 14.2 Å². The van der Waals surface area contributed by atoms with Gasteiger partial charge in [-0.2, -0.15) is 0 Å². The number of nitrogens with zero attached hydrogens (tertiary/aromatic N) is 1. The minimum Gasteiger partial charge on any atom is -0.359 e. The molecular formula is C13H18N2O4. The van der Waals surface area contributed by atoms with Crippen molar-refractivity contribution in [1.82, 2.24) is 0 Å². The molecule has 0 aliphatic carbocycles. The van der Waals surface area contributed by atoms with Crippen molar-refractivity contribution in [2.24, 2.45) is 5.84 Å². The molecule has 2 N–H and O–H groups in total. The molecule has 0 fully saturated rings. The predicted octanol–water partition coefficient (Wildman–Crippen LogP) is 0.801. The lowest BCUT2D eigenvalue weighted by Gasteiger charge is -2.31. The number of rotatable bonds is 5. The Morgan fingerprint density at radius 1 is 1.47 bits per heavy atom. The van der Waals surface area contributed by atoms with Crippen LogP contribution in [0.25, 0.3) is 0 Å². The monoisotopic (exact) mass is 266 g/mol. The van der Waals surface area contributed by atoms with Gasteiger partial charge in [-0.1, -0.05) is 18.2 Å². The van der Waals surface area contributed by atoms with Crippen LogP contribution in [0.5, 0.6) is 0 Å². The molecule has 1 aliphatic heterocycles. The van der Waals surface area contributed by atoms with Gasteiger partial charge in [-0.3, -0.25) is 4.79 Å². The maximum absolute atomic E-state index is 12.1. The summed E-state index contributed by atoms with van der Waals surface area (Å²) in [4.78, 5) is 12.1. The fourth-order valence-electron chi connectivity index (χ4n) is 2.02. The Bertz CT molecular complexity index is 452. The standard InChI is InChI=1S/C13H18N2O4/c1-9(18-8-17-2)19-12-7-10-5-3-4-6-11(10)15(14)13(12)16/h3-6,9,12H,7-8,14H2,1-2H3/t9?,12-/m0/s1. The first-order chi connectivity index (χ1) is 9.13. The second kappa shape index (κ2) is 6.12. The summed E-state index contributed by atoms with van der Waals surface area (Å²) in [6.45, 7) is 1.83. The summed E-state index contributed by atoms with van der Waals surface area (Å²) in [7, 11) is 1.52. The number of carbonyl (C=O) groups is 1. The van der Waals surface area contributed by atoms with Gasteiger partial charge >= 0.3 is 0 Å². The number of methoxy groups -OCH3 is 1. The molecule has 1 amide bonds. The van der Waals surface area contributed by atoms with Crippen LogP contribution in [0.4, 0.5) is 5.69 Å². The number of para-hydroxylation sites is 1. The molecule has 19 heavy (non-hydrogen) atoms. The van der Waals surface area contributed by atoms with Crippen LogP contribution in [0.1, 0.15) is 12.5 Å². The second-order valence-corrected chi connectivity index (χ2v) is 4.31. The molecule has 6 heteroatoms. The Morgan fingerprint density at radius 3 is 2.95 bits per heavy atom. The Kier molecular flexibility index (Phi) is 4.49. The van der Waals surface area contributed by atoms with Crippen LogP contribution in [0.3, 0.4) is 0 Å². The topological polar surface area (TPSA) is 74.0 Å². The zero-order valence-electron chi connectivity index (χ0n) is 11.0. The highest BCUT2D eigenvalue weighted by atomic mass is 16.7. The van der Waals surface area contributed by atoms with E-state index in [1.807, 2.05) is 24.3 Å². The van der Waals surface area contributed by atoms with E-state index >= 15 is 0 Å². The van der Waals surface area contributed by atoms with Crippen LogP contribution < -0.4 is 10.9 Å². The highest BCUT2D eigenvalue weighted by molar-refractivity contribution is 5.98. The Morgan fingerprint density at radius 2 is 2.21 bits per heavy atom. The number of hydrogen-bond donors (Lipinski definition) is 1. The van der Waals surface area contributed by atoms with Crippen molar-refractivity contribution in [2.75, 3.05) is 18.9 Å². The average Bonchev–Trinajstić information content (AvgIpc) is 2.42. The molecular weight excluding hydrogens is 248 g/mol. The molecule has 0 saturated heterocycles. The molecule has 1 heterocycles. The molecule has 0 spiro atoms. The first-order valence-corrected chi connectivity index (χ1v) is 6.06. The van der Waals surface area contributed by atoms with Crippen molar-refractivity contribution in [3.63, 3.8) is 0 Å². The highest BCUT2D eigenvalue weighted by Crippen LogP contribution is 2.27. The number of anilines is 1. The molecule has 1 aromatic carbocycles. The molecule has 2 rings (SSSR count). The maximum atomic E-state index is 12.1. The van der Waals surface area contributed by atoms with Crippen molar-refractivity contribution in [2.45, 2.75) is 25.7 Å². The lowest BCUT2D eigenvalue weighted by molar-refractivity contribution is -0.200. The summed E-state index contributed by atoms with van der Waals surface area (Å²) in [6, 6.07) is 7.49. The smallest absolute Gasteiger partial charge is 0.270 e. The zero-order chi connectivity index (χ0) is 13.8. The summed E-state index contributed by atoms with van der Waals surface area (Å²) in [5, 5.41) is 1.13. The third kappa shape index (κ3) is 3.10. The number of ether oxygens (including phenoxy) is 3. The molecule has 0 radical (unpaired) electrons. The molecule has 104 valence electrons. The minimum atomic E-state index is -0.633. The number of benzene rings is 1. The fourth-order valence-corrected chi connectivity index (χ4v) is 2.02. The summed E-state index contributed by atoms with van der Waals surface area (Å²) < 4.78 is 15.6. The molecule has 1 aliphatic rings. The Hall–Kier alpha value is -1.47. The summed E-state index contributed by atoms with van der Waals surface area (Å²) in [5.41, 5.74) is 1.70. The molecule has 0 bridgehead atoms. The zero-order valence-corrected chi connectivity index (χ0v) is 11.0. The van der Waals surface area contributed by atoms with Gasteiger partial charge in [0.05, 0.1) is 5.69 Å². The van der Waals surface area contributed by atoms with Crippen molar-refractivity contribution in [3.05, 3.63) is 29.8 Å². The number of fused-ring (bicyclic) bond motifs is 1. The Balaban J connectivity index is 2.06. The van der Waals surface area contributed by atoms with E-state index in [1.165, 1.54) is 7.11 Å². The fraction of sp³-hybridized carbons (Fsp3) is 0.462. The first-order valence-electron chi connectivity index (χ1n) is 6.06. The van der Waals surface area contributed by atoms with Crippen LogP contribution >= 0.6 is 0 Å². The van der Waals surface area contributed by atoms with Gasteiger partial charge in [0.1, 0.15) is 12.9 Å². The quantitative estimate of drug-likeness (QED) is 0.485. The van der Waals surface area contributed by atoms with E-state index in [0.717, 1.165) is 16.3 Å². The summed E-state index contributed by atoms with van der Waals surface area (Å²) >= 11 is 0. The van der Waals surface area contributed by atoms with Crippen molar-refractivity contribution in [3.8, 4) is 0 Å². The number of hydrogen-bond acceptors (Lipinski definition) is 5. The normalized spacial score (nSPS) is 20.3. The molecule has 1 aromatic rings. The number of nitrogens with two attached hydrogens (primary N) is 1. The molecule has 0 saturated carbocycles. The lowest BCUT2D eigenvalue weighted by Crippen LogP contribution is -2.50. The van der Waals surface area contributed by atoms with E-state index in [9.17, 15) is 4.79 Å². The third-order valence-electron chi connectivity index (χ3n) is 2.95. The number of hydrazine groups is 1. The van der Waals surface area contributed by atoms with Crippen molar-refractivity contribution < 1.29 is 19.0 Å². The van der Waals surface area contributed by atoms with Crippen molar-refractivity contribution >= 4 is 11.6 Å². The molecule has 0 aromatic heterocycles. The van der Waals surface area contributed by atoms with Gasteiger partial charge in [-0.05, 0) is 18.6 Å². The van der Waals surface area contributed by atoms with E-state index in [0.29, 0.717) is 6.42 Å². The van der Waals surface area contributed by atoms with E-state index in [2.05, 4.69) is 0 Å². The van der Waals surface area contributed by atoms with Gasteiger partial charge in [0.15, 0.2) is 6.29 Å². The van der Waals surface area contributed by atoms with Crippen LogP contribution in [-0.2, 0) is 25.4 Å². The summed E-state index contributed by atoms with van der Waals surface area (Å²) in [5.74, 6) is 5.52. The largest absolute Gasteiger partial charge is 0.359 e. The van der Waals surface area contributed by atoms with Crippen molar-refractivity contribution in [1.29, 1.82) is 0 Å². The predicted molar refractivity (Wildman–Crippen MR) is 69.1 cm³/mol. The van der Waals surface area contributed by atoms with E-state index in [1.54, 1.807) is 6.92 Å². The first kappa shape index (κ1) is 14.0. The number of amides is 1. The Labute approximate surface area is 112 Å². The molecule has 6 nitrogen and oxygen atoms in total. The highest BCUT2D eigenvalue weighted by Gasteiger charge is 2.33. The van der Waals surface area contributed by atoms with Gasteiger partial charge in [0, 0.05) is 13.5 Å². The lowest BCUT2D eigenvalue weighted by atomic mass is 10.0. The van der Waals surface area contributed by atoms with Gasteiger partial charge in [-0.25, -0.2) is 10.9 Å². The van der Waals surface area contributed by atoms with Gasteiger partial charge in [0.2, 0.25) is 0 Å². The van der Waals surface area contributed by atoms with E-state index < -0.39 is 12.4 Å². The third-order valence-corrected chi connectivity index (χ3v) is 2.95. The minimum absolute atomic E-state index is 0.116. The SMILES string of the molecule is COCOC(C)O[C@H]1Cc2ccccc2N(N)C1=O. The van der Waals surface area contributed by atoms with Gasteiger partial charge in [-0.15, -0.1) is 0 Å². The maximum Gasteiger partial charge on any atom is 0.270 e. The average molecular weight is 266 g/mol. The van der Waals surface area contributed by atoms with Crippen LogP contribution in [-0.4, -0.2) is 32.2 Å². The van der Waals surface area contributed by atoms with Crippen LogP contribution in [0, 0.1) is 0 Å². The van der Waals surface area contributed by atoms with E-state index in [-0.39, 0.29) is 12.7 Å². The molecule has 2 atom stereocenters. The molecule has 1 unspecified atom stereocenters. The summed E-state index contributed by atoms with van der Waals surface area (Å²) in [6.07, 6.45) is -0.678. The second-order valence-electron chi connectivity index (χ2n) is 4.31. The number of carbonyl (C=O) groups excluding carboxylic acids is 1. The van der Waals surface area contributed by atoms with Gasteiger partial charge in [0.25, 0.3) is 5.91 Å². The van der Waals surface area contributed by atoms with E-state index in [4.69, 9.17) is 20.1 Å².